The molecule has 1 saturated carbocycles. The summed E-state index contributed by atoms with van der Waals surface area (Å²) in [6, 6.07) is 0. The summed E-state index contributed by atoms with van der Waals surface area (Å²) >= 11 is 0. The first kappa shape index (κ1) is 12.9. The van der Waals surface area contributed by atoms with Crippen molar-refractivity contribution in [1.82, 2.24) is 5.48 Å². The third-order valence-corrected chi connectivity index (χ3v) is 2.76. The van der Waals surface area contributed by atoms with Crippen LogP contribution in [0.4, 0.5) is 0 Å². The highest BCUT2D eigenvalue weighted by Crippen LogP contribution is 2.28. The zero-order valence-electron chi connectivity index (χ0n) is 9.33. The topological polar surface area (TPSA) is 107 Å². The summed E-state index contributed by atoms with van der Waals surface area (Å²) < 4.78 is 0. The van der Waals surface area contributed by atoms with Crippen LogP contribution < -0.4 is 16.9 Å². The molecule has 1 aliphatic carbocycles. The number of hydrogen-bond acceptors (Lipinski definition) is 4. The minimum atomic E-state index is -0.625. The predicted octanol–water partition coefficient (Wildman–Crippen LogP) is -0.429. The van der Waals surface area contributed by atoms with Gasteiger partial charge in [0, 0.05) is 12.0 Å². The molecule has 0 aromatic heterocycles. The molecule has 0 aromatic rings. The van der Waals surface area contributed by atoms with Crippen LogP contribution in [0.1, 0.15) is 38.5 Å². The van der Waals surface area contributed by atoms with Gasteiger partial charge in [0.1, 0.15) is 0 Å². The molecule has 1 aliphatic rings. The fraction of sp³-hybridized carbons (Fsp3) is 0.800. The molecule has 0 atom stereocenters. The summed E-state index contributed by atoms with van der Waals surface area (Å²) in [7, 11) is 0. The van der Waals surface area contributed by atoms with E-state index in [1.165, 1.54) is 6.42 Å². The predicted molar refractivity (Wildman–Crippen MR) is 57.9 cm³/mol. The SMILES string of the molecule is NC(=O)CONC(=O)CC1(N)CCCCC1. The Morgan fingerprint density at radius 3 is 2.44 bits per heavy atom. The maximum Gasteiger partial charge on any atom is 0.246 e. The number of nitrogens with two attached hydrogens (primary N) is 2. The quantitative estimate of drug-likeness (QED) is 0.556. The van der Waals surface area contributed by atoms with Crippen LogP contribution in [-0.2, 0) is 14.4 Å². The fourth-order valence-corrected chi connectivity index (χ4v) is 1.98. The molecule has 92 valence electrons. The van der Waals surface area contributed by atoms with Crippen molar-refractivity contribution in [1.29, 1.82) is 0 Å². The normalized spacial score (nSPS) is 19.1. The number of hydrogen-bond donors (Lipinski definition) is 3. The minimum absolute atomic E-state index is 0.228. The van der Waals surface area contributed by atoms with Crippen molar-refractivity contribution in [3.63, 3.8) is 0 Å². The van der Waals surface area contributed by atoms with Crippen LogP contribution in [0, 0.1) is 0 Å². The lowest BCUT2D eigenvalue weighted by Gasteiger charge is -2.32. The number of hydroxylamine groups is 1. The van der Waals surface area contributed by atoms with Crippen LogP contribution in [0.15, 0.2) is 0 Å². The molecule has 0 radical (unpaired) electrons. The Bertz CT molecular complexity index is 262. The molecule has 0 spiro atoms. The van der Waals surface area contributed by atoms with Gasteiger partial charge >= 0.3 is 0 Å². The first-order chi connectivity index (χ1) is 7.52. The van der Waals surface area contributed by atoms with Crippen molar-refractivity contribution in [2.24, 2.45) is 11.5 Å². The largest absolute Gasteiger partial charge is 0.368 e. The highest BCUT2D eigenvalue weighted by Gasteiger charge is 2.29. The van der Waals surface area contributed by atoms with Crippen molar-refractivity contribution in [2.45, 2.75) is 44.1 Å². The van der Waals surface area contributed by atoms with Crippen LogP contribution in [-0.4, -0.2) is 24.0 Å². The third-order valence-electron chi connectivity index (χ3n) is 2.76. The van der Waals surface area contributed by atoms with Crippen molar-refractivity contribution in [3.05, 3.63) is 0 Å². The molecule has 2 amide bonds. The number of carbonyl (C=O) groups excluding carboxylic acids is 2. The van der Waals surface area contributed by atoms with Gasteiger partial charge in [0.25, 0.3) is 0 Å². The third kappa shape index (κ3) is 4.59. The Morgan fingerprint density at radius 1 is 1.25 bits per heavy atom. The summed E-state index contributed by atoms with van der Waals surface area (Å²) in [5.41, 5.74) is 12.7. The molecule has 6 nitrogen and oxygen atoms in total. The van der Waals surface area contributed by atoms with Crippen LogP contribution in [0.5, 0.6) is 0 Å². The number of primary amides is 1. The first-order valence-electron chi connectivity index (χ1n) is 5.50. The Kier molecular flexibility index (Phi) is 4.70. The molecule has 0 unspecified atom stereocenters. The lowest BCUT2D eigenvalue weighted by atomic mass is 9.80. The number of amides is 2. The van der Waals surface area contributed by atoms with Gasteiger partial charge in [-0.2, -0.15) is 0 Å². The average molecular weight is 229 g/mol. The van der Waals surface area contributed by atoms with E-state index in [1.807, 2.05) is 0 Å². The van der Waals surface area contributed by atoms with E-state index in [4.69, 9.17) is 11.5 Å². The van der Waals surface area contributed by atoms with Crippen LogP contribution >= 0.6 is 0 Å². The number of nitrogens with one attached hydrogen (secondary N) is 1. The highest BCUT2D eigenvalue weighted by molar-refractivity contribution is 5.77. The van der Waals surface area contributed by atoms with Crippen molar-refractivity contribution in [3.8, 4) is 0 Å². The van der Waals surface area contributed by atoms with Crippen molar-refractivity contribution >= 4 is 11.8 Å². The molecule has 16 heavy (non-hydrogen) atoms. The van der Waals surface area contributed by atoms with Crippen LogP contribution in [0.25, 0.3) is 0 Å². The zero-order valence-corrected chi connectivity index (χ0v) is 9.33. The Labute approximate surface area is 94.6 Å². The number of rotatable bonds is 5. The van der Waals surface area contributed by atoms with E-state index in [1.54, 1.807) is 0 Å². The maximum atomic E-state index is 11.4. The maximum absolute atomic E-state index is 11.4. The Morgan fingerprint density at radius 2 is 1.88 bits per heavy atom. The standard InChI is InChI=1S/C10H19N3O3/c11-8(14)7-16-13-9(15)6-10(12)4-2-1-3-5-10/h1-7,12H2,(H2,11,14)(H,13,15). The molecule has 6 heteroatoms. The summed E-state index contributed by atoms with van der Waals surface area (Å²) in [4.78, 5) is 26.4. The second-order valence-electron chi connectivity index (χ2n) is 4.38. The van der Waals surface area contributed by atoms with Gasteiger partial charge < -0.3 is 11.5 Å². The van der Waals surface area contributed by atoms with E-state index < -0.39 is 11.4 Å². The van der Waals surface area contributed by atoms with E-state index >= 15 is 0 Å². The van der Waals surface area contributed by atoms with Gasteiger partial charge in [0.15, 0.2) is 6.61 Å². The molecule has 0 bridgehead atoms. The van der Waals surface area contributed by atoms with Gasteiger partial charge in [-0.05, 0) is 12.8 Å². The van der Waals surface area contributed by atoms with E-state index in [9.17, 15) is 9.59 Å². The van der Waals surface area contributed by atoms with Gasteiger partial charge in [-0.1, -0.05) is 19.3 Å². The molecule has 5 N–H and O–H groups in total. The van der Waals surface area contributed by atoms with Gasteiger partial charge in [0.2, 0.25) is 11.8 Å². The molecule has 0 aliphatic heterocycles. The van der Waals surface area contributed by atoms with E-state index in [-0.39, 0.29) is 18.9 Å². The van der Waals surface area contributed by atoms with Crippen molar-refractivity contribution in [2.75, 3.05) is 6.61 Å². The molecule has 0 saturated heterocycles. The Balaban J connectivity index is 2.24. The van der Waals surface area contributed by atoms with E-state index in [0.717, 1.165) is 25.7 Å². The van der Waals surface area contributed by atoms with Gasteiger partial charge in [-0.25, -0.2) is 5.48 Å². The van der Waals surface area contributed by atoms with Gasteiger partial charge in [-0.15, -0.1) is 0 Å². The molecular weight excluding hydrogens is 210 g/mol. The molecule has 1 rings (SSSR count). The summed E-state index contributed by atoms with van der Waals surface area (Å²) in [5.74, 6) is -0.925. The molecule has 1 fully saturated rings. The highest BCUT2D eigenvalue weighted by atomic mass is 16.7. The van der Waals surface area contributed by atoms with Gasteiger partial charge in [-0.3, -0.25) is 14.4 Å². The lowest BCUT2D eigenvalue weighted by Crippen LogP contribution is -2.46. The second-order valence-corrected chi connectivity index (χ2v) is 4.38. The first-order valence-corrected chi connectivity index (χ1v) is 5.50. The zero-order chi connectivity index (χ0) is 12.0. The summed E-state index contributed by atoms with van der Waals surface area (Å²) in [5, 5.41) is 0. The molecule has 0 heterocycles. The monoisotopic (exact) mass is 229 g/mol. The lowest BCUT2D eigenvalue weighted by molar-refractivity contribution is -0.139. The summed E-state index contributed by atoms with van der Waals surface area (Å²) in [6.07, 6.45) is 5.24. The Hall–Kier alpha value is -1.14. The smallest absolute Gasteiger partial charge is 0.246 e. The van der Waals surface area contributed by atoms with Crippen LogP contribution in [0.2, 0.25) is 0 Å². The second kappa shape index (κ2) is 5.81. The fourth-order valence-electron chi connectivity index (χ4n) is 1.98. The van der Waals surface area contributed by atoms with Crippen LogP contribution in [0.3, 0.4) is 0 Å². The van der Waals surface area contributed by atoms with Crippen molar-refractivity contribution < 1.29 is 14.4 Å². The van der Waals surface area contributed by atoms with E-state index in [0.29, 0.717) is 0 Å². The summed E-state index contributed by atoms with van der Waals surface area (Å²) in [6.45, 7) is -0.316. The molecule has 0 aromatic carbocycles. The van der Waals surface area contributed by atoms with Gasteiger partial charge in [0.05, 0.1) is 0 Å². The van der Waals surface area contributed by atoms with E-state index in [2.05, 4.69) is 10.3 Å². The molecular formula is C10H19N3O3. The average Bonchev–Trinajstić information content (AvgIpc) is 2.17. The number of carbonyl (C=O) groups is 2. The minimum Gasteiger partial charge on any atom is -0.368 e.